The number of anilines is 1. The maximum absolute atomic E-state index is 9.05. The number of rotatable bonds is 5. The van der Waals surface area contributed by atoms with Crippen molar-refractivity contribution in [1.29, 1.82) is 0 Å². The summed E-state index contributed by atoms with van der Waals surface area (Å²) < 4.78 is 1.77. The fraction of sp³-hybridized carbons (Fsp3) is 0.538. The number of pyridine rings is 1. The lowest BCUT2D eigenvalue weighted by Gasteiger charge is -2.20. The van der Waals surface area contributed by atoms with Crippen LogP contribution in [0, 0.1) is 12.8 Å². The average Bonchev–Trinajstić information content (AvgIpc) is 2.69. The molecule has 0 spiro atoms. The van der Waals surface area contributed by atoms with Gasteiger partial charge in [0.1, 0.15) is 0 Å². The van der Waals surface area contributed by atoms with Gasteiger partial charge in [-0.05, 0) is 30.9 Å². The first kappa shape index (κ1) is 12.8. The zero-order valence-corrected chi connectivity index (χ0v) is 11.1. The normalized spacial score (nSPS) is 13.2. The van der Waals surface area contributed by atoms with Crippen LogP contribution >= 0.6 is 0 Å². The molecule has 0 fully saturated rings. The molecule has 0 bridgehead atoms. The van der Waals surface area contributed by atoms with E-state index in [1.807, 2.05) is 25.3 Å². The third kappa shape index (κ3) is 2.79. The van der Waals surface area contributed by atoms with Gasteiger partial charge in [-0.1, -0.05) is 19.9 Å². The van der Waals surface area contributed by atoms with E-state index >= 15 is 0 Å². The quantitative estimate of drug-likeness (QED) is 0.847. The molecule has 0 saturated heterocycles. The van der Waals surface area contributed by atoms with Crippen LogP contribution in [0.4, 0.5) is 5.95 Å². The molecule has 0 saturated carbocycles. The first-order valence-electron chi connectivity index (χ1n) is 6.30. The summed E-state index contributed by atoms with van der Waals surface area (Å²) in [4.78, 5) is 4.42. The second kappa shape index (κ2) is 5.35. The van der Waals surface area contributed by atoms with Gasteiger partial charge in [0.2, 0.25) is 5.95 Å². The van der Waals surface area contributed by atoms with Gasteiger partial charge in [-0.3, -0.25) is 0 Å². The van der Waals surface area contributed by atoms with Crippen molar-refractivity contribution < 1.29 is 5.11 Å². The molecule has 2 heterocycles. The molecule has 2 aromatic rings. The van der Waals surface area contributed by atoms with Gasteiger partial charge in [0, 0.05) is 18.8 Å². The molecule has 0 aliphatic carbocycles. The van der Waals surface area contributed by atoms with Crippen LogP contribution in [-0.2, 0) is 0 Å². The summed E-state index contributed by atoms with van der Waals surface area (Å²) in [6.07, 6.45) is 2.65. The summed E-state index contributed by atoms with van der Waals surface area (Å²) >= 11 is 0. The summed E-state index contributed by atoms with van der Waals surface area (Å²) in [6.45, 7) is 6.43. The van der Waals surface area contributed by atoms with Crippen molar-refractivity contribution in [1.82, 2.24) is 14.6 Å². The van der Waals surface area contributed by atoms with E-state index in [1.54, 1.807) is 4.52 Å². The third-order valence-electron chi connectivity index (χ3n) is 3.04. The van der Waals surface area contributed by atoms with E-state index in [2.05, 4.69) is 29.2 Å². The van der Waals surface area contributed by atoms with Crippen LogP contribution in [0.3, 0.4) is 0 Å². The molecule has 98 valence electrons. The zero-order chi connectivity index (χ0) is 13.1. The summed E-state index contributed by atoms with van der Waals surface area (Å²) in [5.74, 6) is 1.04. The minimum absolute atomic E-state index is 0.169. The second-order valence-electron chi connectivity index (χ2n) is 4.95. The molecular weight excluding hydrogens is 228 g/mol. The van der Waals surface area contributed by atoms with Crippen molar-refractivity contribution in [3.05, 3.63) is 23.9 Å². The monoisotopic (exact) mass is 248 g/mol. The molecule has 0 radical (unpaired) electrons. The molecular formula is C13H20N4O. The highest BCUT2D eigenvalue weighted by atomic mass is 16.3. The maximum Gasteiger partial charge on any atom is 0.243 e. The Hall–Kier alpha value is -1.62. The lowest BCUT2D eigenvalue weighted by Crippen LogP contribution is -2.27. The van der Waals surface area contributed by atoms with E-state index in [4.69, 9.17) is 5.11 Å². The number of aromatic nitrogens is 3. The van der Waals surface area contributed by atoms with Crippen molar-refractivity contribution >= 4 is 11.6 Å². The Kier molecular flexibility index (Phi) is 3.81. The van der Waals surface area contributed by atoms with Crippen LogP contribution in [-0.4, -0.2) is 32.4 Å². The standard InChI is InChI=1S/C13H20N4O/c1-9(2)11(6-7-18)14-13-15-12-5-4-10(3)8-17(12)16-13/h4-5,8-9,11,18H,6-7H2,1-3H3,(H,14,16). The number of hydrogen-bond donors (Lipinski definition) is 2. The number of aliphatic hydroxyl groups excluding tert-OH is 1. The number of nitrogens with zero attached hydrogens (tertiary/aromatic N) is 3. The van der Waals surface area contributed by atoms with Crippen molar-refractivity contribution in [3.63, 3.8) is 0 Å². The highest BCUT2D eigenvalue weighted by Crippen LogP contribution is 2.13. The van der Waals surface area contributed by atoms with Crippen LogP contribution in [0.25, 0.3) is 5.65 Å². The first-order chi connectivity index (χ1) is 8.60. The molecule has 5 nitrogen and oxygen atoms in total. The molecule has 18 heavy (non-hydrogen) atoms. The van der Waals surface area contributed by atoms with E-state index in [0.29, 0.717) is 18.3 Å². The van der Waals surface area contributed by atoms with Gasteiger partial charge in [0.15, 0.2) is 5.65 Å². The smallest absolute Gasteiger partial charge is 0.243 e. The minimum Gasteiger partial charge on any atom is -0.396 e. The fourth-order valence-corrected chi connectivity index (χ4v) is 1.92. The molecule has 0 amide bonds. The van der Waals surface area contributed by atoms with Crippen LogP contribution in [0.2, 0.25) is 0 Å². The highest BCUT2D eigenvalue weighted by molar-refractivity contribution is 5.44. The lowest BCUT2D eigenvalue weighted by molar-refractivity contribution is 0.267. The van der Waals surface area contributed by atoms with Crippen molar-refractivity contribution in [3.8, 4) is 0 Å². The Morgan fingerprint density at radius 2 is 2.17 bits per heavy atom. The Morgan fingerprint density at radius 3 is 2.83 bits per heavy atom. The largest absolute Gasteiger partial charge is 0.396 e. The topological polar surface area (TPSA) is 62.5 Å². The Balaban J connectivity index is 2.20. The van der Waals surface area contributed by atoms with Gasteiger partial charge < -0.3 is 10.4 Å². The molecule has 2 rings (SSSR count). The van der Waals surface area contributed by atoms with Gasteiger partial charge in [-0.25, -0.2) is 4.52 Å². The second-order valence-corrected chi connectivity index (χ2v) is 4.95. The van der Waals surface area contributed by atoms with Gasteiger partial charge in [-0.2, -0.15) is 4.98 Å². The van der Waals surface area contributed by atoms with Gasteiger partial charge in [-0.15, -0.1) is 5.10 Å². The molecule has 5 heteroatoms. The van der Waals surface area contributed by atoms with Crippen LogP contribution < -0.4 is 5.32 Å². The number of aryl methyl sites for hydroxylation is 1. The average molecular weight is 248 g/mol. The molecule has 0 aromatic carbocycles. The summed E-state index contributed by atoms with van der Waals surface area (Å²) in [5.41, 5.74) is 1.98. The predicted molar refractivity (Wildman–Crippen MR) is 71.7 cm³/mol. The van der Waals surface area contributed by atoms with Gasteiger partial charge in [0.05, 0.1) is 0 Å². The summed E-state index contributed by atoms with van der Waals surface area (Å²) in [6, 6.07) is 4.15. The zero-order valence-electron chi connectivity index (χ0n) is 11.1. The Morgan fingerprint density at radius 1 is 1.39 bits per heavy atom. The summed E-state index contributed by atoms with van der Waals surface area (Å²) in [7, 11) is 0. The van der Waals surface area contributed by atoms with Crippen LogP contribution in [0.1, 0.15) is 25.8 Å². The van der Waals surface area contributed by atoms with Crippen molar-refractivity contribution in [2.24, 2.45) is 5.92 Å². The summed E-state index contributed by atoms with van der Waals surface area (Å²) in [5, 5.41) is 16.7. The molecule has 2 aromatic heterocycles. The van der Waals surface area contributed by atoms with Gasteiger partial charge >= 0.3 is 0 Å². The number of nitrogens with one attached hydrogen (secondary N) is 1. The number of aliphatic hydroxyl groups is 1. The number of fused-ring (bicyclic) bond motifs is 1. The molecule has 1 unspecified atom stereocenters. The van der Waals surface area contributed by atoms with Crippen molar-refractivity contribution in [2.45, 2.75) is 33.2 Å². The van der Waals surface area contributed by atoms with Crippen molar-refractivity contribution in [2.75, 3.05) is 11.9 Å². The van der Waals surface area contributed by atoms with E-state index in [1.165, 1.54) is 0 Å². The first-order valence-corrected chi connectivity index (χ1v) is 6.30. The molecule has 1 atom stereocenters. The Bertz CT molecular complexity index is 521. The minimum atomic E-state index is 0.169. The molecule has 0 aliphatic rings. The van der Waals surface area contributed by atoms with E-state index in [0.717, 1.165) is 11.2 Å². The number of hydrogen-bond acceptors (Lipinski definition) is 4. The van der Waals surface area contributed by atoms with E-state index < -0.39 is 0 Å². The molecule has 2 N–H and O–H groups in total. The SMILES string of the molecule is Cc1ccc2nc(NC(CCO)C(C)C)nn2c1. The Labute approximate surface area is 107 Å². The fourth-order valence-electron chi connectivity index (χ4n) is 1.92. The predicted octanol–water partition coefficient (Wildman–Crippen LogP) is 1.86. The van der Waals surface area contributed by atoms with E-state index in [-0.39, 0.29) is 12.6 Å². The third-order valence-corrected chi connectivity index (χ3v) is 3.04. The van der Waals surface area contributed by atoms with Crippen LogP contribution in [0.15, 0.2) is 18.3 Å². The lowest BCUT2D eigenvalue weighted by atomic mass is 10.0. The maximum atomic E-state index is 9.05. The van der Waals surface area contributed by atoms with Gasteiger partial charge in [0.25, 0.3) is 0 Å². The molecule has 0 aliphatic heterocycles. The van der Waals surface area contributed by atoms with Crippen LogP contribution in [0.5, 0.6) is 0 Å². The van der Waals surface area contributed by atoms with E-state index in [9.17, 15) is 0 Å². The highest BCUT2D eigenvalue weighted by Gasteiger charge is 2.14.